The molecule has 0 fully saturated rings. The van der Waals surface area contributed by atoms with Gasteiger partial charge in [0.1, 0.15) is 13.2 Å². The minimum atomic E-state index is -0.0974. The van der Waals surface area contributed by atoms with Gasteiger partial charge in [-0.25, -0.2) is 0 Å². The molecule has 0 aliphatic rings. The van der Waals surface area contributed by atoms with Crippen molar-refractivity contribution >= 4 is 34.5 Å². The average molecular weight is 262 g/mol. The summed E-state index contributed by atoms with van der Waals surface area (Å²) < 4.78 is 10.8. The smallest absolute Gasteiger partial charge is 0.165 e. The van der Waals surface area contributed by atoms with Crippen molar-refractivity contribution in [2.45, 2.75) is 41.5 Å². The summed E-state index contributed by atoms with van der Waals surface area (Å²) in [6.07, 6.45) is 0. The molecule has 0 radical (unpaired) electrons. The fourth-order valence-corrected chi connectivity index (χ4v) is 0.868. The topological polar surface area (TPSA) is 18.5 Å². The van der Waals surface area contributed by atoms with Gasteiger partial charge in [0.05, 0.1) is 0 Å². The molecule has 94 valence electrons. The van der Waals surface area contributed by atoms with Crippen LogP contribution in [0.1, 0.15) is 41.5 Å². The average Bonchev–Trinajstić information content (AvgIpc) is 2.08. The van der Waals surface area contributed by atoms with E-state index in [0.717, 1.165) is 0 Å². The van der Waals surface area contributed by atoms with Crippen LogP contribution in [0.5, 0.6) is 0 Å². The zero-order chi connectivity index (χ0) is 13.0. The summed E-state index contributed by atoms with van der Waals surface area (Å²) in [5.74, 6) is 0. The fourth-order valence-electron chi connectivity index (χ4n) is 0.702. The SMILES string of the molecule is CC(C)(C)C(=S)OCCOC(=S)C(C)(C)C. The van der Waals surface area contributed by atoms with Crippen molar-refractivity contribution in [3.05, 3.63) is 0 Å². The summed E-state index contributed by atoms with van der Waals surface area (Å²) in [6, 6.07) is 0. The highest BCUT2D eigenvalue weighted by molar-refractivity contribution is 7.80. The molecule has 2 nitrogen and oxygen atoms in total. The number of thiocarbonyl (C=S) groups is 2. The second kappa shape index (κ2) is 5.92. The van der Waals surface area contributed by atoms with E-state index in [4.69, 9.17) is 33.9 Å². The first-order chi connectivity index (χ1) is 7.05. The molecule has 16 heavy (non-hydrogen) atoms. The van der Waals surface area contributed by atoms with Crippen LogP contribution in [-0.2, 0) is 9.47 Å². The first-order valence-electron chi connectivity index (χ1n) is 5.39. The number of hydrogen-bond acceptors (Lipinski definition) is 4. The van der Waals surface area contributed by atoms with Gasteiger partial charge in [0, 0.05) is 10.8 Å². The summed E-state index contributed by atoms with van der Waals surface area (Å²) in [4.78, 5) is 0. The van der Waals surface area contributed by atoms with Gasteiger partial charge in [-0.2, -0.15) is 0 Å². The lowest BCUT2D eigenvalue weighted by atomic mass is 9.98. The highest BCUT2D eigenvalue weighted by atomic mass is 32.1. The molecule has 0 aromatic carbocycles. The van der Waals surface area contributed by atoms with E-state index in [1.807, 2.05) is 41.5 Å². The highest BCUT2D eigenvalue weighted by Crippen LogP contribution is 2.18. The Bertz CT molecular complexity index is 231. The maximum Gasteiger partial charge on any atom is 0.165 e. The molecule has 0 spiro atoms. The van der Waals surface area contributed by atoms with Crippen LogP contribution in [-0.4, -0.2) is 23.3 Å². The van der Waals surface area contributed by atoms with E-state index < -0.39 is 0 Å². The van der Waals surface area contributed by atoms with Crippen molar-refractivity contribution in [3.63, 3.8) is 0 Å². The van der Waals surface area contributed by atoms with E-state index in [1.165, 1.54) is 0 Å². The molecule has 0 saturated heterocycles. The monoisotopic (exact) mass is 262 g/mol. The van der Waals surface area contributed by atoms with Gasteiger partial charge < -0.3 is 9.47 Å². The Labute approximate surface area is 110 Å². The molecule has 0 aromatic heterocycles. The van der Waals surface area contributed by atoms with Gasteiger partial charge in [-0.15, -0.1) is 0 Å². The molecule has 0 aromatic rings. The quantitative estimate of drug-likeness (QED) is 0.569. The van der Waals surface area contributed by atoms with E-state index in [9.17, 15) is 0 Å². The molecule has 0 unspecified atom stereocenters. The lowest BCUT2D eigenvalue weighted by Crippen LogP contribution is -2.25. The molecule has 0 N–H and O–H groups in total. The predicted octanol–water partition coefficient (Wildman–Crippen LogP) is 3.77. The van der Waals surface area contributed by atoms with Crippen LogP contribution in [0.3, 0.4) is 0 Å². The van der Waals surface area contributed by atoms with Crippen molar-refractivity contribution < 1.29 is 9.47 Å². The van der Waals surface area contributed by atoms with Crippen LogP contribution in [0.15, 0.2) is 0 Å². The minimum Gasteiger partial charge on any atom is -0.483 e. The summed E-state index contributed by atoms with van der Waals surface area (Å²) in [7, 11) is 0. The van der Waals surface area contributed by atoms with Gasteiger partial charge in [-0.1, -0.05) is 41.5 Å². The second-order valence-corrected chi connectivity index (χ2v) is 6.51. The van der Waals surface area contributed by atoms with Gasteiger partial charge in [-0.3, -0.25) is 0 Å². The van der Waals surface area contributed by atoms with E-state index in [-0.39, 0.29) is 10.8 Å². The Morgan fingerprint density at radius 1 is 0.750 bits per heavy atom. The minimum absolute atomic E-state index is 0.0974. The molecule has 0 aliphatic heterocycles. The van der Waals surface area contributed by atoms with Crippen molar-refractivity contribution in [1.29, 1.82) is 0 Å². The van der Waals surface area contributed by atoms with Crippen molar-refractivity contribution in [1.82, 2.24) is 0 Å². The maximum atomic E-state index is 5.42. The normalized spacial score (nSPS) is 12.1. The molecular weight excluding hydrogens is 240 g/mol. The van der Waals surface area contributed by atoms with E-state index in [0.29, 0.717) is 23.3 Å². The zero-order valence-corrected chi connectivity index (χ0v) is 12.7. The van der Waals surface area contributed by atoms with Crippen LogP contribution in [0, 0.1) is 10.8 Å². The Balaban J connectivity index is 3.79. The predicted molar refractivity (Wildman–Crippen MR) is 76.0 cm³/mol. The lowest BCUT2D eigenvalue weighted by molar-refractivity contribution is 0.181. The molecule has 0 atom stereocenters. The first kappa shape index (κ1) is 15.8. The molecule has 4 heteroatoms. The van der Waals surface area contributed by atoms with E-state index in [2.05, 4.69) is 0 Å². The van der Waals surface area contributed by atoms with Crippen molar-refractivity contribution in [2.24, 2.45) is 10.8 Å². The third kappa shape index (κ3) is 6.38. The summed E-state index contributed by atoms with van der Waals surface area (Å²) in [6.45, 7) is 13.0. The van der Waals surface area contributed by atoms with Crippen molar-refractivity contribution in [3.8, 4) is 0 Å². The fraction of sp³-hybridized carbons (Fsp3) is 0.833. The van der Waals surface area contributed by atoms with E-state index >= 15 is 0 Å². The van der Waals surface area contributed by atoms with Gasteiger partial charge in [0.2, 0.25) is 0 Å². The van der Waals surface area contributed by atoms with Gasteiger partial charge in [0.25, 0.3) is 0 Å². The summed E-state index contributed by atoms with van der Waals surface area (Å²) >= 11 is 10.3. The molecule has 0 heterocycles. The largest absolute Gasteiger partial charge is 0.483 e. The lowest BCUT2D eigenvalue weighted by Gasteiger charge is -2.22. The summed E-state index contributed by atoms with van der Waals surface area (Å²) in [5.41, 5.74) is -0.195. The van der Waals surface area contributed by atoms with Crippen LogP contribution < -0.4 is 0 Å². The van der Waals surface area contributed by atoms with Crippen molar-refractivity contribution in [2.75, 3.05) is 13.2 Å². The molecule has 0 amide bonds. The van der Waals surface area contributed by atoms with Crippen LogP contribution in [0.25, 0.3) is 0 Å². The summed E-state index contributed by atoms with van der Waals surface area (Å²) in [5, 5.41) is 1.22. The number of hydrogen-bond donors (Lipinski definition) is 0. The Hall–Kier alpha value is -0.220. The molecular formula is C12H22O2S2. The van der Waals surface area contributed by atoms with Gasteiger partial charge in [-0.05, 0) is 24.4 Å². The molecule has 0 aliphatic carbocycles. The van der Waals surface area contributed by atoms with Gasteiger partial charge >= 0.3 is 0 Å². The van der Waals surface area contributed by atoms with Crippen LogP contribution in [0.4, 0.5) is 0 Å². The standard InChI is InChI=1S/C12H22O2S2/c1-11(2,3)9(15)13-7-8-14-10(16)12(4,5)6/h7-8H2,1-6H3. The third-order valence-electron chi connectivity index (χ3n) is 1.77. The number of rotatable bonds is 3. The van der Waals surface area contributed by atoms with Crippen LogP contribution in [0.2, 0.25) is 0 Å². The highest BCUT2D eigenvalue weighted by Gasteiger charge is 2.20. The Kier molecular flexibility index (Phi) is 5.84. The second-order valence-electron chi connectivity index (χ2n) is 5.77. The Morgan fingerprint density at radius 3 is 1.19 bits per heavy atom. The Morgan fingerprint density at radius 2 is 1.00 bits per heavy atom. The van der Waals surface area contributed by atoms with Crippen LogP contribution >= 0.6 is 24.4 Å². The third-order valence-corrected chi connectivity index (χ3v) is 3.23. The molecule has 0 bridgehead atoms. The number of ether oxygens (including phenoxy) is 2. The van der Waals surface area contributed by atoms with E-state index in [1.54, 1.807) is 0 Å². The zero-order valence-electron chi connectivity index (χ0n) is 11.0. The maximum absolute atomic E-state index is 5.42. The molecule has 0 saturated carbocycles. The first-order valence-corrected chi connectivity index (χ1v) is 6.21. The molecule has 0 rings (SSSR count). The van der Waals surface area contributed by atoms with Gasteiger partial charge in [0.15, 0.2) is 10.1 Å².